The van der Waals surface area contributed by atoms with Crippen molar-refractivity contribution in [3.8, 4) is 5.69 Å². The van der Waals surface area contributed by atoms with Gasteiger partial charge in [-0.15, -0.1) is 0 Å². The summed E-state index contributed by atoms with van der Waals surface area (Å²) >= 11 is 0. The highest BCUT2D eigenvalue weighted by Crippen LogP contribution is 2.44. The molecule has 2 aromatic heterocycles. The number of aliphatic hydroxyl groups excluding tert-OH is 2. The normalized spacial score (nSPS) is 27.9. The van der Waals surface area contributed by atoms with Crippen molar-refractivity contribution in [2.75, 3.05) is 0 Å². The number of nitrogens with zero attached hydrogens (tertiary/aromatic N) is 3. The Morgan fingerprint density at radius 1 is 1.00 bits per heavy atom. The summed E-state index contributed by atoms with van der Waals surface area (Å²) in [6.45, 7) is 0. The Kier molecular flexibility index (Phi) is 3.52. The van der Waals surface area contributed by atoms with Gasteiger partial charge in [-0.25, -0.2) is 0 Å². The topological polar surface area (TPSA) is 80.3 Å². The highest BCUT2D eigenvalue weighted by molar-refractivity contribution is 5.84. The minimum absolute atomic E-state index is 0.161. The van der Waals surface area contributed by atoms with Crippen LogP contribution in [0.5, 0.6) is 0 Å². The third kappa shape index (κ3) is 2.40. The van der Waals surface area contributed by atoms with Crippen LogP contribution in [0, 0.1) is 0 Å². The number of aromatic nitrogens is 3. The summed E-state index contributed by atoms with van der Waals surface area (Å²) in [5.74, 6) is 0.358. The van der Waals surface area contributed by atoms with Gasteiger partial charge in [-0.1, -0.05) is 6.07 Å². The standard InChI is InChI=1S/C20H21N3O3/c24-16-6-13(7-16)18-8-12-3-4-14(23-20(26)2-1-5-21-23)11-19(12)22(18)15-9-17(25)10-15/h1-5,8,11,13,15-17,24-25H,6-7,9-10H2. The second-order valence-electron chi connectivity index (χ2n) is 7.56. The highest BCUT2D eigenvalue weighted by Gasteiger charge is 2.36. The zero-order valence-electron chi connectivity index (χ0n) is 14.3. The molecule has 2 aliphatic carbocycles. The summed E-state index contributed by atoms with van der Waals surface area (Å²) in [6, 6.07) is 11.5. The Morgan fingerprint density at radius 2 is 1.77 bits per heavy atom. The van der Waals surface area contributed by atoms with Crippen LogP contribution in [0.1, 0.15) is 43.3 Å². The van der Waals surface area contributed by atoms with Crippen LogP contribution in [0.15, 0.2) is 47.4 Å². The Balaban J connectivity index is 1.66. The minimum Gasteiger partial charge on any atom is -0.393 e. The Morgan fingerprint density at radius 3 is 2.46 bits per heavy atom. The Bertz CT molecular complexity index is 1030. The number of hydrogen-bond acceptors (Lipinski definition) is 4. The van der Waals surface area contributed by atoms with Gasteiger partial charge in [0.05, 0.1) is 23.4 Å². The number of benzene rings is 1. The summed E-state index contributed by atoms with van der Waals surface area (Å²) in [7, 11) is 0. The van der Waals surface area contributed by atoms with E-state index < -0.39 is 0 Å². The van der Waals surface area contributed by atoms with Crippen molar-refractivity contribution in [3.05, 3.63) is 58.6 Å². The highest BCUT2D eigenvalue weighted by atomic mass is 16.3. The van der Waals surface area contributed by atoms with E-state index in [4.69, 9.17) is 0 Å². The fourth-order valence-corrected chi connectivity index (χ4v) is 4.24. The Hall–Kier alpha value is -2.44. The quantitative estimate of drug-likeness (QED) is 0.757. The van der Waals surface area contributed by atoms with E-state index in [1.807, 2.05) is 18.2 Å². The van der Waals surface area contributed by atoms with E-state index in [2.05, 4.69) is 15.7 Å². The van der Waals surface area contributed by atoms with Gasteiger partial charge in [0.1, 0.15) is 0 Å². The van der Waals surface area contributed by atoms with Gasteiger partial charge in [0.15, 0.2) is 0 Å². The van der Waals surface area contributed by atoms with E-state index in [1.165, 1.54) is 16.4 Å². The smallest absolute Gasteiger partial charge is 0.271 e. The first-order valence-electron chi connectivity index (χ1n) is 9.16. The van der Waals surface area contributed by atoms with Gasteiger partial charge in [-0.3, -0.25) is 4.79 Å². The molecule has 2 aliphatic rings. The summed E-state index contributed by atoms with van der Waals surface area (Å²) in [4.78, 5) is 12.1. The minimum atomic E-state index is -0.237. The maximum atomic E-state index is 12.1. The monoisotopic (exact) mass is 351 g/mol. The second kappa shape index (κ2) is 5.79. The molecule has 134 valence electrons. The zero-order chi connectivity index (χ0) is 17.8. The van der Waals surface area contributed by atoms with Crippen LogP contribution in [0.25, 0.3) is 16.6 Å². The van der Waals surface area contributed by atoms with E-state index >= 15 is 0 Å². The number of aliphatic hydroxyl groups is 2. The molecule has 5 rings (SSSR count). The van der Waals surface area contributed by atoms with Gasteiger partial charge in [-0.2, -0.15) is 9.78 Å². The first kappa shape index (κ1) is 15.8. The van der Waals surface area contributed by atoms with Crippen molar-refractivity contribution >= 4 is 10.9 Å². The molecule has 0 bridgehead atoms. The zero-order valence-corrected chi connectivity index (χ0v) is 14.3. The molecule has 0 unspecified atom stereocenters. The molecule has 0 radical (unpaired) electrons. The molecule has 0 amide bonds. The Labute approximate surface area is 150 Å². The number of hydrogen-bond donors (Lipinski definition) is 2. The molecular formula is C20H21N3O3. The molecule has 26 heavy (non-hydrogen) atoms. The fraction of sp³-hybridized carbons (Fsp3) is 0.400. The average Bonchev–Trinajstić information content (AvgIpc) is 2.94. The average molecular weight is 351 g/mol. The first-order valence-corrected chi connectivity index (χ1v) is 9.16. The van der Waals surface area contributed by atoms with Crippen LogP contribution in [-0.2, 0) is 0 Å². The lowest BCUT2D eigenvalue weighted by molar-refractivity contribution is 0.0424. The van der Waals surface area contributed by atoms with E-state index in [1.54, 1.807) is 12.3 Å². The summed E-state index contributed by atoms with van der Waals surface area (Å²) in [5.41, 5.74) is 2.87. The SMILES string of the molecule is O=c1cccnn1-c1ccc2cc(C3CC(O)C3)n(C3CC(O)C3)c2c1. The second-order valence-corrected chi connectivity index (χ2v) is 7.56. The number of rotatable bonds is 3. The molecule has 6 heteroatoms. The van der Waals surface area contributed by atoms with Crippen molar-refractivity contribution < 1.29 is 10.2 Å². The summed E-state index contributed by atoms with van der Waals surface area (Å²) in [5, 5.41) is 24.8. The van der Waals surface area contributed by atoms with Crippen molar-refractivity contribution in [1.29, 1.82) is 0 Å². The third-order valence-corrected chi connectivity index (χ3v) is 5.80. The molecule has 2 fully saturated rings. The lowest BCUT2D eigenvalue weighted by Crippen LogP contribution is -2.34. The largest absolute Gasteiger partial charge is 0.393 e. The van der Waals surface area contributed by atoms with Crippen molar-refractivity contribution in [1.82, 2.24) is 14.3 Å². The van der Waals surface area contributed by atoms with Gasteiger partial charge in [0, 0.05) is 35.3 Å². The van der Waals surface area contributed by atoms with Gasteiger partial charge in [0.2, 0.25) is 0 Å². The molecule has 2 N–H and O–H groups in total. The van der Waals surface area contributed by atoms with Crippen LogP contribution in [0.4, 0.5) is 0 Å². The molecule has 2 saturated carbocycles. The van der Waals surface area contributed by atoms with E-state index in [0.717, 1.165) is 42.3 Å². The van der Waals surface area contributed by atoms with E-state index in [0.29, 0.717) is 5.92 Å². The van der Waals surface area contributed by atoms with Crippen molar-refractivity contribution in [3.63, 3.8) is 0 Å². The molecular weight excluding hydrogens is 330 g/mol. The van der Waals surface area contributed by atoms with Gasteiger partial charge in [0.25, 0.3) is 5.56 Å². The lowest BCUT2D eigenvalue weighted by Gasteiger charge is -2.39. The lowest BCUT2D eigenvalue weighted by atomic mass is 9.79. The van der Waals surface area contributed by atoms with Gasteiger partial charge >= 0.3 is 0 Å². The van der Waals surface area contributed by atoms with Crippen molar-refractivity contribution in [2.45, 2.75) is 49.9 Å². The predicted molar refractivity (Wildman–Crippen MR) is 97.6 cm³/mol. The summed E-state index contributed by atoms with van der Waals surface area (Å²) in [6.07, 6.45) is 4.24. The van der Waals surface area contributed by atoms with Gasteiger partial charge < -0.3 is 14.8 Å². The number of fused-ring (bicyclic) bond motifs is 1. The summed E-state index contributed by atoms with van der Waals surface area (Å²) < 4.78 is 3.72. The molecule has 0 atom stereocenters. The third-order valence-electron chi connectivity index (χ3n) is 5.80. The van der Waals surface area contributed by atoms with E-state index in [-0.39, 0.29) is 23.8 Å². The molecule has 0 saturated heterocycles. The predicted octanol–water partition coefficient (Wildman–Crippen LogP) is 2.12. The van der Waals surface area contributed by atoms with Crippen LogP contribution < -0.4 is 5.56 Å². The van der Waals surface area contributed by atoms with Crippen LogP contribution in [-0.4, -0.2) is 36.8 Å². The maximum absolute atomic E-state index is 12.1. The molecule has 6 nitrogen and oxygen atoms in total. The van der Waals surface area contributed by atoms with Crippen LogP contribution >= 0.6 is 0 Å². The first-order chi connectivity index (χ1) is 12.6. The van der Waals surface area contributed by atoms with Crippen LogP contribution in [0.3, 0.4) is 0 Å². The molecule has 2 heterocycles. The maximum Gasteiger partial charge on any atom is 0.271 e. The van der Waals surface area contributed by atoms with Crippen molar-refractivity contribution in [2.24, 2.45) is 0 Å². The molecule has 1 aromatic carbocycles. The van der Waals surface area contributed by atoms with Gasteiger partial charge in [-0.05, 0) is 49.9 Å². The molecule has 3 aromatic rings. The molecule has 0 aliphatic heterocycles. The fourth-order valence-electron chi connectivity index (χ4n) is 4.24. The molecule has 0 spiro atoms. The van der Waals surface area contributed by atoms with Crippen LogP contribution in [0.2, 0.25) is 0 Å². The van der Waals surface area contributed by atoms with E-state index in [9.17, 15) is 15.0 Å².